The standard InChI is InChI=1S/C55H36N4/c1-4-16-37(17-5-1)41-20-14-22-43(34-41)49-36-50(44-23-15-21-42(35-44)38-18-6-2-7-19-38)58-55(57-49)40-32-30-39(31-33-40)53-52-47-27-11-13-29-51(47)59(45-24-8-3-9-25-45)54(52)46-26-10-12-28-48(46)56-53/h1-36H. The normalized spacial score (nSPS) is 11.4. The van der Waals surface area contributed by atoms with Gasteiger partial charge in [0.25, 0.3) is 0 Å². The number of fused-ring (bicyclic) bond motifs is 5. The largest absolute Gasteiger partial charge is 0.308 e. The molecule has 11 rings (SSSR count). The predicted octanol–water partition coefficient (Wildman–Crippen LogP) is 14.1. The van der Waals surface area contributed by atoms with E-state index in [0.717, 1.165) is 83.5 Å². The molecule has 0 atom stereocenters. The average Bonchev–Trinajstić information content (AvgIpc) is 3.68. The molecule has 0 amide bonds. The minimum absolute atomic E-state index is 0.663. The van der Waals surface area contributed by atoms with Crippen molar-refractivity contribution in [2.75, 3.05) is 0 Å². The van der Waals surface area contributed by atoms with E-state index in [2.05, 4.69) is 211 Å². The molecule has 0 fully saturated rings. The van der Waals surface area contributed by atoms with Gasteiger partial charge in [-0.25, -0.2) is 15.0 Å². The van der Waals surface area contributed by atoms with Gasteiger partial charge in [-0.3, -0.25) is 0 Å². The highest BCUT2D eigenvalue weighted by Gasteiger charge is 2.21. The average molecular weight is 753 g/mol. The van der Waals surface area contributed by atoms with Crippen molar-refractivity contribution in [3.8, 4) is 73.1 Å². The van der Waals surface area contributed by atoms with Crippen LogP contribution in [0.1, 0.15) is 0 Å². The number of nitrogens with zero attached hydrogens (tertiary/aromatic N) is 4. The minimum Gasteiger partial charge on any atom is -0.308 e. The van der Waals surface area contributed by atoms with Gasteiger partial charge in [0.1, 0.15) is 0 Å². The molecule has 11 aromatic rings. The van der Waals surface area contributed by atoms with Crippen molar-refractivity contribution < 1.29 is 0 Å². The van der Waals surface area contributed by atoms with E-state index in [9.17, 15) is 0 Å². The van der Waals surface area contributed by atoms with Gasteiger partial charge >= 0.3 is 0 Å². The zero-order valence-corrected chi connectivity index (χ0v) is 32.1. The molecular formula is C55H36N4. The van der Waals surface area contributed by atoms with Gasteiger partial charge in [-0.15, -0.1) is 0 Å². The number of para-hydroxylation sites is 3. The predicted molar refractivity (Wildman–Crippen MR) is 244 cm³/mol. The smallest absolute Gasteiger partial charge is 0.160 e. The third-order valence-electron chi connectivity index (χ3n) is 11.2. The van der Waals surface area contributed by atoms with Gasteiger partial charge in [0, 0.05) is 44.1 Å². The molecule has 0 unspecified atom stereocenters. The number of rotatable bonds is 7. The third-order valence-corrected chi connectivity index (χ3v) is 11.2. The monoisotopic (exact) mass is 752 g/mol. The van der Waals surface area contributed by atoms with E-state index in [1.54, 1.807) is 0 Å². The van der Waals surface area contributed by atoms with Gasteiger partial charge in [0.05, 0.1) is 33.6 Å². The van der Waals surface area contributed by atoms with Gasteiger partial charge in [-0.2, -0.15) is 0 Å². The maximum Gasteiger partial charge on any atom is 0.160 e. The highest BCUT2D eigenvalue weighted by atomic mass is 15.0. The van der Waals surface area contributed by atoms with Gasteiger partial charge in [-0.05, 0) is 64.7 Å². The quantitative estimate of drug-likeness (QED) is 0.163. The summed E-state index contributed by atoms with van der Waals surface area (Å²) in [6.07, 6.45) is 0. The summed E-state index contributed by atoms with van der Waals surface area (Å²) in [5.41, 5.74) is 15.7. The molecule has 59 heavy (non-hydrogen) atoms. The summed E-state index contributed by atoms with van der Waals surface area (Å²) in [7, 11) is 0. The topological polar surface area (TPSA) is 43.6 Å². The summed E-state index contributed by atoms with van der Waals surface area (Å²) >= 11 is 0. The molecule has 276 valence electrons. The van der Waals surface area contributed by atoms with Crippen LogP contribution in [0.3, 0.4) is 0 Å². The van der Waals surface area contributed by atoms with Crippen LogP contribution in [-0.2, 0) is 0 Å². The van der Waals surface area contributed by atoms with Gasteiger partial charge in [0.15, 0.2) is 5.82 Å². The minimum atomic E-state index is 0.663. The van der Waals surface area contributed by atoms with Crippen LogP contribution in [0.5, 0.6) is 0 Å². The van der Waals surface area contributed by atoms with Crippen LogP contribution in [-0.4, -0.2) is 19.5 Å². The zero-order valence-electron chi connectivity index (χ0n) is 32.1. The van der Waals surface area contributed by atoms with E-state index in [1.165, 1.54) is 16.5 Å². The Morgan fingerprint density at radius 3 is 1.44 bits per heavy atom. The fourth-order valence-corrected chi connectivity index (χ4v) is 8.36. The Morgan fingerprint density at radius 1 is 0.322 bits per heavy atom. The number of aromatic nitrogens is 4. The van der Waals surface area contributed by atoms with Gasteiger partial charge < -0.3 is 4.57 Å². The molecule has 0 aliphatic rings. The molecule has 0 aliphatic heterocycles. The lowest BCUT2D eigenvalue weighted by Crippen LogP contribution is -1.97. The number of pyridine rings is 1. The molecule has 3 heterocycles. The first-order valence-corrected chi connectivity index (χ1v) is 19.9. The molecular weight excluding hydrogens is 717 g/mol. The van der Waals surface area contributed by atoms with Crippen molar-refractivity contribution in [2.45, 2.75) is 0 Å². The van der Waals surface area contributed by atoms with Crippen LogP contribution < -0.4 is 0 Å². The van der Waals surface area contributed by atoms with Gasteiger partial charge in [-0.1, -0.05) is 176 Å². The number of hydrogen-bond donors (Lipinski definition) is 0. The second-order valence-electron chi connectivity index (χ2n) is 14.8. The fourth-order valence-electron chi connectivity index (χ4n) is 8.36. The van der Waals surface area contributed by atoms with Crippen LogP contribution in [0.2, 0.25) is 0 Å². The van der Waals surface area contributed by atoms with Crippen molar-refractivity contribution in [2.24, 2.45) is 0 Å². The maximum atomic E-state index is 5.36. The van der Waals surface area contributed by atoms with E-state index in [-0.39, 0.29) is 0 Å². The molecule has 0 aliphatic carbocycles. The first kappa shape index (κ1) is 34.3. The zero-order chi connectivity index (χ0) is 39.1. The van der Waals surface area contributed by atoms with Crippen molar-refractivity contribution in [1.29, 1.82) is 0 Å². The summed E-state index contributed by atoms with van der Waals surface area (Å²) in [4.78, 5) is 15.9. The molecule has 0 saturated heterocycles. The maximum absolute atomic E-state index is 5.36. The Kier molecular flexibility index (Phi) is 8.45. The Hall–Kier alpha value is -7.95. The van der Waals surface area contributed by atoms with Crippen LogP contribution in [0.25, 0.3) is 106 Å². The molecule has 0 spiro atoms. The van der Waals surface area contributed by atoms with E-state index in [4.69, 9.17) is 15.0 Å². The van der Waals surface area contributed by atoms with Crippen molar-refractivity contribution in [3.05, 3.63) is 218 Å². The highest BCUT2D eigenvalue weighted by Crippen LogP contribution is 2.41. The lowest BCUT2D eigenvalue weighted by molar-refractivity contribution is 1.18. The summed E-state index contributed by atoms with van der Waals surface area (Å²) < 4.78 is 2.38. The molecule has 0 bridgehead atoms. The Balaban J connectivity index is 1.07. The summed E-state index contributed by atoms with van der Waals surface area (Å²) in [6, 6.07) is 76.6. The van der Waals surface area contributed by atoms with Gasteiger partial charge in [0.2, 0.25) is 0 Å². The Morgan fingerprint density at radius 2 is 0.814 bits per heavy atom. The van der Waals surface area contributed by atoms with Crippen molar-refractivity contribution in [1.82, 2.24) is 19.5 Å². The molecule has 3 aromatic heterocycles. The highest BCUT2D eigenvalue weighted by molar-refractivity contribution is 6.22. The van der Waals surface area contributed by atoms with E-state index in [0.29, 0.717) is 5.82 Å². The summed E-state index contributed by atoms with van der Waals surface area (Å²) in [5, 5.41) is 3.42. The number of benzene rings is 8. The molecule has 4 heteroatoms. The van der Waals surface area contributed by atoms with Crippen LogP contribution in [0, 0.1) is 0 Å². The first-order chi connectivity index (χ1) is 29.2. The van der Waals surface area contributed by atoms with Crippen LogP contribution in [0.4, 0.5) is 0 Å². The van der Waals surface area contributed by atoms with Crippen LogP contribution in [0.15, 0.2) is 218 Å². The van der Waals surface area contributed by atoms with E-state index in [1.807, 2.05) is 12.1 Å². The Bertz CT molecular complexity index is 3200. The summed E-state index contributed by atoms with van der Waals surface area (Å²) in [5.74, 6) is 0.663. The molecule has 8 aromatic carbocycles. The van der Waals surface area contributed by atoms with E-state index >= 15 is 0 Å². The SMILES string of the molecule is c1ccc(-c2cccc(-c3cc(-c4cccc(-c5ccccc5)c4)nc(-c4ccc(-c5nc6ccccc6c6c5c5ccccc5n6-c5ccccc5)cc4)n3)c2)cc1. The first-order valence-electron chi connectivity index (χ1n) is 19.9. The second-order valence-corrected chi connectivity index (χ2v) is 14.8. The lowest BCUT2D eigenvalue weighted by atomic mass is 9.99. The van der Waals surface area contributed by atoms with E-state index < -0.39 is 0 Å². The Labute approximate surface area is 342 Å². The van der Waals surface area contributed by atoms with Crippen molar-refractivity contribution in [3.63, 3.8) is 0 Å². The second kappa shape index (κ2) is 14.5. The molecule has 0 saturated carbocycles. The molecule has 0 radical (unpaired) electrons. The molecule has 0 N–H and O–H groups in total. The summed E-state index contributed by atoms with van der Waals surface area (Å²) in [6.45, 7) is 0. The van der Waals surface area contributed by atoms with Crippen molar-refractivity contribution >= 4 is 32.7 Å². The third kappa shape index (κ3) is 6.24. The van der Waals surface area contributed by atoms with Crippen LogP contribution >= 0.6 is 0 Å². The number of hydrogen-bond acceptors (Lipinski definition) is 3. The fraction of sp³-hybridized carbons (Fsp3) is 0. The lowest BCUT2D eigenvalue weighted by Gasteiger charge is -2.13. The molecule has 4 nitrogen and oxygen atoms in total.